The van der Waals surface area contributed by atoms with E-state index in [1.807, 2.05) is 12.1 Å². The number of hydrogen-bond donors (Lipinski definition) is 0. The van der Waals surface area contributed by atoms with Gasteiger partial charge in [0.25, 0.3) is 5.91 Å². The Bertz CT molecular complexity index is 645. The Labute approximate surface area is 133 Å². The number of likely N-dealkylation sites (tertiary alicyclic amines) is 1. The van der Waals surface area contributed by atoms with Crippen molar-refractivity contribution in [2.24, 2.45) is 5.92 Å². The Kier molecular flexibility index (Phi) is 3.94. The minimum absolute atomic E-state index is 0.0118. The van der Waals surface area contributed by atoms with Crippen LogP contribution in [0.3, 0.4) is 0 Å². The normalized spacial score (nSPS) is 23.0. The van der Waals surface area contributed by atoms with Crippen molar-refractivity contribution in [1.29, 1.82) is 0 Å². The third-order valence-electron chi connectivity index (χ3n) is 4.18. The van der Waals surface area contributed by atoms with Gasteiger partial charge >= 0.3 is 5.97 Å². The smallest absolute Gasteiger partial charge is 0.307 e. The van der Waals surface area contributed by atoms with Crippen molar-refractivity contribution in [3.8, 4) is 11.5 Å². The van der Waals surface area contributed by atoms with Gasteiger partial charge in [-0.15, -0.1) is 0 Å². The van der Waals surface area contributed by atoms with E-state index in [0.29, 0.717) is 17.9 Å². The maximum absolute atomic E-state index is 12.2. The van der Waals surface area contributed by atoms with E-state index >= 15 is 0 Å². The molecule has 0 bridgehead atoms. The van der Waals surface area contributed by atoms with E-state index < -0.39 is 23.9 Å². The molecule has 2 heterocycles. The molecule has 2 atom stereocenters. The number of methoxy groups -OCH3 is 2. The SMILES string of the molecule is COc1ccc(CCN2C(=O)[C@H]3OC(=O)C[C@H]3C2=O)cc1OC. The number of carbonyl (C=O) groups is 3. The van der Waals surface area contributed by atoms with E-state index in [1.54, 1.807) is 20.3 Å². The summed E-state index contributed by atoms with van der Waals surface area (Å²) >= 11 is 0. The summed E-state index contributed by atoms with van der Waals surface area (Å²) in [5.41, 5.74) is 0.914. The summed E-state index contributed by atoms with van der Waals surface area (Å²) in [6, 6.07) is 5.44. The molecule has 2 aliphatic heterocycles. The summed E-state index contributed by atoms with van der Waals surface area (Å²) < 4.78 is 15.3. The van der Waals surface area contributed by atoms with Crippen LogP contribution in [0.4, 0.5) is 0 Å². The van der Waals surface area contributed by atoms with E-state index in [1.165, 1.54) is 4.90 Å². The monoisotopic (exact) mass is 319 g/mol. The molecule has 0 saturated carbocycles. The zero-order valence-electron chi connectivity index (χ0n) is 12.9. The first kappa shape index (κ1) is 15.3. The fourth-order valence-corrected chi connectivity index (χ4v) is 2.96. The van der Waals surface area contributed by atoms with E-state index in [4.69, 9.17) is 14.2 Å². The molecule has 7 heteroatoms. The zero-order chi connectivity index (χ0) is 16.6. The number of fused-ring (bicyclic) bond motifs is 1. The molecule has 0 aromatic heterocycles. The van der Waals surface area contributed by atoms with Gasteiger partial charge in [0.1, 0.15) is 0 Å². The van der Waals surface area contributed by atoms with Crippen molar-refractivity contribution in [3.05, 3.63) is 23.8 Å². The molecule has 2 fully saturated rings. The molecule has 23 heavy (non-hydrogen) atoms. The number of imide groups is 1. The van der Waals surface area contributed by atoms with Gasteiger partial charge in [-0.2, -0.15) is 0 Å². The van der Waals surface area contributed by atoms with E-state index in [0.717, 1.165) is 5.56 Å². The maximum atomic E-state index is 12.2. The lowest BCUT2D eigenvalue weighted by atomic mass is 10.0. The van der Waals surface area contributed by atoms with Crippen LogP contribution in [0.5, 0.6) is 11.5 Å². The predicted molar refractivity (Wildman–Crippen MR) is 78.0 cm³/mol. The summed E-state index contributed by atoms with van der Waals surface area (Å²) in [4.78, 5) is 36.8. The number of amides is 2. The van der Waals surface area contributed by atoms with Crippen LogP contribution < -0.4 is 9.47 Å². The average Bonchev–Trinajstić information content (AvgIpc) is 3.04. The molecule has 1 aromatic rings. The molecule has 2 saturated heterocycles. The molecule has 0 radical (unpaired) electrons. The number of esters is 1. The van der Waals surface area contributed by atoms with Crippen LogP contribution >= 0.6 is 0 Å². The van der Waals surface area contributed by atoms with E-state index in [2.05, 4.69) is 0 Å². The molecule has 2 amide bonds. The minimum Gasteiger partial charge on any atom is -0.493 e. The first-order valence-corrected chi connectivity index (χ1v) is 7.30. The van der Waals surface area contributed by atoms with Crippen molar-refractivity contribution in [2.75, 3.05) is 20.8 Å². The molecule has 2 aliphatic rings. The number of hydrogen-bond acceptors (Lipinski definition) is 6. The average molecular weight is 319 g/mol. The standard InChI is InChI=1S/C16H17NO6/c1-21-11-4-3-9(7-12(11)22-2)5-6-17-15(19)10-8-13(18)23-14(10)16(17)20/h3-4,7,10,14H,5-6,8H2,1-2H3/t10-,14+/m1/s1. The number of nitrogens with zero attached hydrogens (tertiary/aromatic N) is 1. The second-order valence-electron chi connectivity index (χ2n) is 5.49. The number of rotatable bonds is 5. The molecule has 0 spiro atoms. The molecular weight excluding hydrogens is 302 g/mol. The second kappa shape index (κ2) is 5.91. The summed E-state index contributed by atoms with van der Waals surface area (Å²) in [5.74, 6) is -0.680. The first-order valence-electron chi connectivity index (χ1n) is 7.30. The highest BCUT2D eigenvalue weighted by Crippen LogP contribution is 2.32. The maximum Gasteiger partial charge on any atom is 0.307 e. The lowest BCUT2D eigenvalue weighted by molar-refractivity contribution is -0.152. The summed E-state index contributed by atoms with van der Waals surface area (Å²) in [7, 11) is 3.10. The predicted octanol–water partition coefficient (Wildman–Crippen LogP) is 0.547. The van der Waals surface area contributed by atoms with Gasteiger partial charge in [0.15, 0.2) is 17.6 Å². The summed E-state index contributed by atoms with van der Waals surface area (Å²) in [6.45, 7) is 0.248. The molecule has 7 nitrogen and oxygen atoms in total. The molecule has 122 valence electrons. The van der Waals surface area contributed by atoms with Gasteiger partial charge in [-0.1, -0.05) is 6.07 Å². The Balaban J connectivity index is 1.68. The minimum atomic E-state index is -0.930. The fourth-order valence-electron chi connectivity index (χ4n) is 2.96. The molecular formula is C16H17NO6. The summed E-state index contributed by atoms with van der Waals surface area (Å²) in [5, 5.41) is 0. The third kappa shape index (κ3) is 2.62. The fraction of sp³-hybridized carbons (Fsp3) is 0.438. The van der Waals surface area contributed by atoms with E-state index in [-0.39, 0.29) is 18.9 Å². The largest absolute Gasteiger partial charge is 0.493 e. The molecule has 0 aliphatic carbocycles. The Hall–Kier alpha value is -2.57. The second-order valence-corrected chi connectivity index (χ2v) is 5.49. The van der Waals surface area contributed by atoms with Crippen LogP contribution in [0.1, 0.15) is 12.0 Å². The highest BCUT2D eigenvalue weighted by molar-refractivity contribution is 6.09. The molecule has 1 aromatic carbocycles. The molecule has 3 rings (SSSR count). The first-order chi connectivity index (χ1) is 11.0. The number of ether oxygens (including phenoxy) is 3. The van der Waals surface area contributed by atoms with Gasteiger partial charge in [-0.05, 0) is 24.1 Å². The van der Waals surface area contributed by atoms with Gasteiger partial charge in [0, 0.05) is 6.54 Å². The van der Waals surface area contributed by atoms with E-state index in [9.17, 15) is 14.4 Å². The zero-order valence-corrected chi connectivity index (χ0v) is 12.9. The quantitative estimate of drug-likeness (QED) is 0.582. The van der Waals surface area contributed by atoms with Crippen molar-refractivity contribution >= 4 is 17.8 Å². The highest BCUT2D eigenvalue weighted by Gasteiger charge is 2.54. The Morgan fingerprint density at radius 3 is 2.52 bits per heavy atom. The Morgan fingerprint density at radius 2 is 1.87 bits per heavy atom. The van der Waals surface area contributed by atoms with Gasteiger partial charge in [0.05, 0.1) is 26.6 Å². The lowest BCUT2D eigenvalue weighted by Crippen LogP contribution is -2.35. The topological polar surface area (TPSA) is 82.1 Å². The van der Waals surface area contributed by atoms with Crippen molar-refractivity contribution < 1.29 is 28.6 Å². The summed E-state index contributed by atoms with van der Waals surface area (Å²) in [6.07, 6.45) is -0.451. The van der Waals surface area contributed by atoms with Crippen LogP contribution in [0.15, 0.2) is 18.2 Å². The van der Waals surface area contributed by atoms with Crippen molar-refractivity contribution in [2.45, 2.75) is 18.9 Å². The van der Waals surface area contributed by atoms with Crippen molar-refractivity contribution in [1.82, 2.24) is 4.90 Å². The highest BCUT2D eigenvalue weighted by atomic mass is 16.6. The molecule has 0 N–H and O–H groups in total. The number of carbonyl (C=O) groups excluding carboxylic acids is 3. The van der Waals surface area contributed by atoms with Gasteiger partial charge in [-0.25, -0.2) is 0 Å². The van der Waals surface area contributed by atoms with Crippen LogP contribution in [-0.2, 0) is 25.5 Å². The lowest BCUT2D eigenvalue weighted by Gasteiger charge is -2.16. The number of benzene rings is 1. The van der Waals surface area contributed by atoms with Crippen LogP contribution in [-0.4, -0.2) is 49.6 Å². The Morgan fingerprint density at radius 1 is 1.13 bits per heavy atom. The van der Waals surface area contributed by atoms with Gasteiger partial charge in [-0.3, -0.25) is 19.3 Å². The van der Waals surface area contributed by atoms with Crippen LogP contribution in [0.25, 0.3) is 0 Å². The molecule has 0 unspecified atom stereocenters. The van der Waals surface area contributed by atoms with Crippen LogP contribution in [0.2, 0.25) is 0 Å². The van der Waals surface area contributed by atoms with Gasteiger partial charge in [0.2, 0.25) is 5.91 Å². The van der Waals surface area contributed by atoms with Crippen molar-refractivity contribution in [3.63, 3.8) is 0 Å². The third-order valence-corrected chi connectivity index (χ3v) is 4.18. The van der Waals surface area contributed by atoms with Gasteiger partial charge < -0.3 is 14.2 Å². The van der Waals surface area contributed by atoms with Crippen LogP contribution in [0, 0.1) is 5.92 Å².